The van der Waals surface area contributed by atoms with E-state index in [1.165, 1.54) is 6.92 Å². The first-order valence-electron chi connectivity index (χ1n) is 6.20. The molecule has 0 spiro atoms. The first-order chi connectivity index (χ1) is 8.85. The number of nitrogens with zero attached hydrogens (tertiary/aromatic N) is 1. The molecule has 0 atom stereocenters. The summed E-state index contributed by atoms with van der Waals surface area (Å²) in [5.41, 5.74) is 0.244. The molecule has 0 unspecified atom stereocenters. The van der Waals surface area contributed by atoms with E-state index in [9.17, 15) is 4.79 Å². The van der Waals surface area contributed by atoms with E-state index in [2.05, 4.69) is 6.07 Å². The summed E-state index contributed by atoms with van der Waals surface area (Å²) >= 11 is 6.04. The van der Waals surface area contributed by atoms with E-state index < -0.39 is 0 Å². The standard InChI is InChI=1S/C15H18ClNO2/c1-11(18)12-5-6-14(13(16)9-12)19-8-4-7-15(2,3)10-17/h5-6,9H,4,7-8H2,1-3H3. The van der Waals surface area contributed by atoms with E-state index >= 15 is 0 Å². The highest BCUT2D eigenvalue weighted by Gasteiger charge is 2.15. The molecule has 4 heteroatoms. The first kappa shape index (κ1) is 15.5. The zero-order valence-corrected chi connectivity index (χ0v) is 12.3. The normalized spacial score (nSPS) is 10.9. The molecular formula is C15H18ClNO2. The Morgan fingerprint density at radius 1 is 1.47 bits per heavy atom. The van der Waals surface area contributed by atoms with Crippen LogP contribution >= 0.6 is 11.6 Å². The van der Waals surface area contributed by atoms with Crippen LogP contribution in [0.5, 0.6) is 5.75 Å². The number of ether oxygens (including phenoxy) is 1. The number of ketones is 1. The fourth-order valence-corrected chi connectivity index (χ4v) is 1.82. The third kappa shape index (κ3) is 4.92. The van der Waals surface area contributed by atoms with Crippen molar-refractivity contribution in [3.8, 4) is 11.8 Å². The maximum Gasteiger partial charge on any atom is 0.159 e. The zero-order valence-electron chi connectivity index (χ0n) is 11.5. The lowest BCUT2D eigenvalue weighted by atomic mass is 9.90. The van der Waals surface area contributed by atoms with Crippen molar-refractivity contribution >= 4 is 17.4 Å². The zero-order chi connectivity index (χ0) is 14.5. The Labute approximate surface area is 119 Å². The van der Waals surface area contributed by atoms with Crippen molar-refractivity contribution in [3.05, 3.63) is 28.8 Å². The Morgan fingerprint density at radius 2 is 2.16 bits per heavy atom. The van der Waals surface area contributed by atoms with Gasteiger partial charge in [-0.3, -0.25) is 4.79 Å². The number of Topliss-reactive ketones (excluding diaryl/α,β-unsaturated/α-hetero) is 1. The van der Waals surface area contributed by atoms with E-state index in [0.717, 1.165) is 12.8 Å². The van der Waals surface area contributed by atoms with Crippen molar-refractivity contribution in [2.75, 3.05) is 6.61 Å². The molecule has 0 amide bonds. The van der Waals surface area contributed by atoms with Gasteiger partial charge in [-0.1, -0.05) is 11.6 Å². The van der Waals surface area contributed by atoms with Gasteiger partial charge in [-0.25, -0.2) is 0 Å². The molecule has 0 saturated carbocycles. The van der Waals surface area contributed by atoms with Crippen LogP contribution in [0.1, 0.15) is 44.0 Å². The number of carbonyl (C=O) groups is 1. The minimum absolute atomic E-state index is 0.0239. The molecule has 1 aromatic carbocycles. The van der Waals surface area contributed by atoms with Crippen LogP contribution in [0.4, 0.5) is 0 Å². The third-order valence-corrected chi connectivity index (χ3v) is 3.14. The van der Waals surface area contributed by atoms with Crippen LogP contribution in [-0.4, -0.2) is 12.4 Å². The summed E-state index contributed by atoms with van der Waals surface area (Å²) in [5.74, 6) is 0.547. The Morgan fingerprint density at radius 3 is 2.68 bits per heavy atom. The van der Waals surface area contributed by atoms with Crippen molar-refractivity contribution < 1.29 is 9.53 Å². The van der Waals surface area contributed by atoms with Gasteiger partial charge >= 0.3 is 0 Å². The lowest BCUT2D eigenvalue weighted by Crippen LogP contribution is -2.10. The van der Waals surface area contributed by atoms with E-state index in [1.54, 1.807) is 18.2 Å². The molecule has 19 heavy (non-hydrogen) atoms. The summed E-state index contributed by atoms with van der Waals surface area (Å²) < 4.78 is 5.56. The molecular weight excluding hydrogens is 262 g/mol. The second-order valence-electron chi connectivity index (χ2n) is 5.15. The molecule has 0 aromatic heterocycles. The predicted molar refractivity (Wildman–Crippen MR) is 75.6 cm³/mol. The van der Waals surface area contributed by atoms with Gasteiger partial charge < -0.3 is 4.74 Å². The van der Waals surface area contributed by atoms with E-state index in [4.69, 9.17) is 21.6 Å². The molecule has 0 aliphatic heterocycles. The van der Waals surface area contributed by atoms with Gasteiger partial charge in [-0.15, -0.1) is 0 Å². The Hall–Kier alpha value is -1.53. The van der Waals surface area contributed by atoms with Crippen LogP contribution in [0, 0.1) is 16.7 Å². The van der Waals surface area contributed by atoms with Gasteiger partial charge in [0.2, 0.25) is 0 Å². The molecule has 0 aliphatic rings. The van der Waals surface area contributed by atoms with Crippen LogP contribution < -0.4 is 4.74 Å². The fourth-order valence-electron chi connectivity index (χ4n) is 1.59. The van der Waals surface area contributed by atoms with E-state index in [1.807, 2.05) is 13.8 Å². The molecule has 0 saturated heterocycles. The number of hydrogen-bond donors (Lipinski definition) is 0. The lowest BCUT2D eigenvalue weighted by Gasteiger charge is -2.15. The van der Waals surface area contributed by atoms with Gasteiger partial charge in [-0.2, -0.15) is 5.26 Å². The van der Waals surface area contributed by atoms with Crippen molar-refractivity contribution in [1.29, 1.82) is 5.26 Å². The molecule has 1 aromatic rings. The summed E-state index contributed by atoms with van der Waals surface area (Å²) in [6.07, 6.45) is 1.55. The summed E-state index contributed by atoms with van der Waals surface area (Å²) in [7, 11) is 0. The third-order valence-electron chi connectivity index (χ3n) is 2.84. The molecule has 0 heterocycles. The van der Waals surface area contributed by atoms with Gasteiger partial charge in [0.25, 0.3) is 0 Å². The Kier molecular flexibility index (Phi) is 5.38. The van der Waals surface area contributed by atoms with Crippen molar-refractivity contribution in [3.63, 3.8) is 0 Å². The van der Waals surface area contributed by atoms with Gasteiger partial charge in [0, 0.05) is 5.56 Å². The van der Waals surface area contributed by atoms with Crippen LogP contribution in [0.3, 0.4) is 0 Å². The van der Waals surface area contributed by atoms with Crippen LogP contribution in [0.15, 0.2) is 18.2 Å². The van der Waals surface area contributed by atoms with Crippen LogP contribution in [0.2, 0.25) is 5.02 Å². The lowest BCUT2D eigenvalue weighted by molar-refractivity contribution is 0.101. The van der Waals surface area contributed by atoms with Gasteiger partial charge in [0.15, 0.2) is 5.78 Å². The molecule has 3 nitrogen and oxygen atoms in total. The van der Waals surface area contributed by atoms with Crippen molar-refractivity contribution in [1.82, 2.24) is 0 Å². The fraction of sp³-hybridized carbons (Fsp3) is 0.467. The number of benzene rings is 1. The molecule has 0 fully saturated rings. The smallest absolute Gasteiger partial charge is 0.159 e. The predicted octanol–water partition coefficient (Wildman–Crippen LogP) is 4.25. The SMILES string of the molecule is CC(=O)c1ccc(OCCCC(C)(C)C#N)c(Cl)c1. The van der Waals surface area contributed by atoms with Crippen LogP contribution in [0.25, 0.3) is 0 Å². The van der Waals surface area contributed by atoms with Gasteiger partial charge in [0.1, 0.15) is 5.75 Å². The van der Waals surface area contributed by atoms with Gasteiger partial charge in [-0.05, 0) is 51.8 Å². The highest BCUT2D eigenvalue weighted by atomic mass is 35.5. The topological polar surface area (TPSA) is 50.1 Å². The minimum Gasteiger partial charge on any atom is -0.492 e. The second kappa shape index (κ2) is 6.58. The van der Waals surface area contributed by atoms with E-state index in [0.29, 0.717) is 22.9 Å². The number of rotatable bonds is 6. The average molecular weight is 280 g/mol. The number of halogens is 1. The molecule has 0 radical (unpaired) electrons. The van der Waals surface area contributed by atoms with E-state index in [-0.39, 0.29) is 11.2 Å². The Balaban J connectivity index is 2.51. The summed E-state index contributed by atoms with van der Waals surface area (Å²) in [5, 5.41) is 9.33. The van der Waals surface area contributed by atoms with Crippen LogP contribution in [-0.2, 0) is 0 Å². The molecule has 0 aliphatic carbocycles. The first-order valence-corrected chi connectivity index (χ1v) is 6.58. The molecule has 0 bridgehead atoms. The summed E-state index contributed by atoms with van der Waals surface area (Å²) in [4.78, 5) is 11.2. The maximum atomic E-state index is 11.2. The minimum atomic E-state index is -0.328. The summed E-state index contributed by atoms with van der Waals surface area (Å²) in [6, 6.07) is 7.26. The average Bonchev–Trinajstić information content (AvgIpc) is 2.36. The van der Waals surface area contributed by atoms with Gasteiger partial charge in [0.05, 0.1) is 23.1 Å². The second-order valence-corrected chi connectivity index (χ2v) is 5.56. The maximum absolute atomic E-state index is 11.2. The number of carbonyl (C=O) groups excluding carboxylic acids is 1. The highest BCUT2D eigenvalue weighted by molar-refractivity contribution is 6.32. The number of nitriles is 1. The quantitative estimate of drug-likeness (QED) is 0.578. The number of hydrogen-bond acceptors (Lipinski definition) is 3. The molecule has 0 N–H and O–H groups in total. The molecule has 102 valence electrons. The monoisotopic (exact) mass is 279 g/mol. The largest absolute Gasteiger partial charge is 0.492 e. The molecule has 1 rings (SSSR count). The summed E-state index contributed by atoms with van der Waals surface area (Å²) in [6.45, 7) is 5.81. The highest BCUT2D eigenvalue weighted by Crippen LogP contribution is 2.26. The van der Waals surface area contributed by atoms with Crippen molar-refractivity contribution in [2.24, 2.45) is 5.41 Å². The Bertz CT molecular complexity index is 503. The van der Waals surface area contributed by atoms with Crippen molar-refractivity contribution in [2.45, 2.75) is 33.6 Å².